The molecule has 0 aliphatic carbocycles. The molecule has 2 aromatic rings. The van der Waals surface area contributed by atoms with Gasteiger partial charge in [-0.2, -0.15) is 0 Å². The first-order valence-corrected chi connectivity index (χ1v) is 6.32. The summed E-state index contributed by atoms with van der Waals surface area (Å²) in [5.74, 6) is -0.305. The van der Waals surface area contributed by atoms with E-state index in [0.29, 0.717) is 11.6 Å². The molecule has 2 aromatic heterocycles. The summed E-state index contributed by atoms with van der Waals surface area (Å²) in [6.07, 6.45) is 4.90. The Kier molecular flexibility index (Phi) is 4.28. The Morgan fingerprint density at radius 3 is 3.00 bits per heavy atom. The van der Waals surface area contributed by atoms with E-state index in [1.54, 1.807) is 24.5 Å². The van der Waals surface area contributed by atoms with Crippen LogP contribution in [0.2, 0.25) is 5.02 Å². The van der Waals surface area contributed by atoms with E-state index < -0.39 is 0 Å². The number of nitrogens with one attached hydrogen (secondary N) is 1. The van der Waals surface area contributed by atoms with Crippen molar-refractivity contribution in [3.63, 3.8) is 0 Å². The first-order chi connectivity index (χ1) is 8.66. The van der Waals surface area contributed by atoms with Gasteiger partial charge in [-0.05, 0) is 39.7 Å². The maximum absolute atomic E-state index is 11.8. The maximum Gasteiger partial charge on any atom is 0.271 e. The van der Waals surface area contributed by atoms with Crippen LogP contribution < -0.4 is 5.32 Å². The molecule has 2 heterocycles. The van der Waals surface area contributed by atoms with Crippen LogP contribution in [-0.4, -0.2) is 15.9 Å². The molecule has 0 saturated carbocycles. The molecule has 0 aromatic carbocycles. The predicted molar refractivity (Wildman–Crippen MR) is 72.4 cm³/mol. The second-order valence-corrected chi connectivity index (χ2v) is 4.85. The Morgan fingerprint density at radius 2 is 2.28 bits per heavy atom. The van der Waals surface area contributed by atoms with Gasteiger partial charge in [-0.25, -0.2) is 4.98 Å². The van der Waals surface area contributed by atoms with Gasteiger partial charge in [0.1, 0.15) is 5.69 Å². The molecule has 0 unspecified atom stereocenters. The first-order valence-electron chi connectivity index (χ1n) is 5.15. The third-order valence-electron chi connectivity index (χ3n) is 2.19. The summed E-state index contributed by atoms with van der Waals surface area (Å²) in [5, 5.41) is 3.07. The molecule has 1 N–H and O–H groups in total. The topological polar surface area (TPSA) is 54.9 Å². The van der Waals surface area contributed by atoms with Crippen molar-refractivity contribution in [1.29, 1.82) is 0 Å². The van der Waals surface area contributed by atoms with Crippen molar-refractivity contribution in [3.8, 4) is 0 Å². The standard InChI is InChI=1S/C12H9BrClN3O/c13-9-4-8(5-15-7-9)6-17-12(18)11-10(14)2-1-3-16-11/h1-5,7H,6H2,(H,17,18). The molecule has 1 amide bonds. The van der Waals surface area contributed by atoms with E-state index in [-0.39, 0.29) is 11.6 Å². The Morgan fingerprint density at radius 1 is 1.44 bits per heavy atom. The summed E-state index contributed by atoms with van der Waals surface area (Å²) in [6.45, 7) is 0.373. The van der Waals surface area contributed by atoms with Crippen LogP contribution in [0.25, 0.3) is 0 Å². The smallest absolute Gasteiger partial charge is 0.271 e. The van der Waals surface area contributed by atoms with Crippen LogP contribution in [0.1, 0.15) is 16.1 Å². The Labute approximate surface area is 118 Å². The van der Waals surface area contributed by atoms with Crippen molar-refractivity contribution in [1.82, 2.24) is 15.3 Å². The molecular weight excluding hydrogens is 318 g/mol. The summed E-state index contributed by atoms with van der Waals surface area (Å²) >= 11 is 9.20. The van der Waals surface area contributed by atoms with Crippen molar-refractivity contribution in [2.75, 3.05) is 0 Å². The fourth-order valence-corrected chi connectivity index (χ4v) is 1.99. The highest BCUT2D eigenvalue weighted by Crippen LogP contribution is 2.12. The fraction of sp³-hybridized carbons (Fsp3) is 0.0833. The molecule has 0 bridgehead atoms. The predicted octanol–water partition coefficient (Wildman–Crippen LogP) is 2.82. The lowest BCUT2D eigenvalue weighted by Gasteiger charge is -2.05. The highest BCUT2D eigenvalue weighted by atomic mass is 79.9. The minimum absolute atomic E-state index is 0.224. The Bertz CT molecular complexity index is 577. The van der Waals surface area contributed by atoms with Crippen LogP contribution >= 0.6 is 27.5 Å². The number of nitrogens with zero attached hydrogens (tertiary/aromatic N) is 2. The molecule has 0 fully saturated rings. The highest BCUT2D eigenvalue weighted by molar-refractivity contribution is 9.10. The van der Waals surface area contributed by atoms with Crippen molar-refractivity contribution in [3.05, 3.63) is 57.5 Å². The Balaban J connectivity index is 2.03. The number of hydrogen-bond acceptors (Lipinski definition) is 3. The van der Waals surface area contributed by atoms with Crippen LogP contribution in [0, 0.1) is 0 Å². The molecule has 0 aliphatic heterocycles. The van der Waals surface area contributed by atoms with Gasteiger partial charge in [0.05, 0.1) is 5.02 Å². The lowest BCUT2D eigenvalue weighted by Crippen LogP contribution is -2.24. The first kappa shape index (κ1) is 13.0. The number of halogens is 2. The highest BCUT2D eigenvalue weighted by Gasteiger charge is 2.10. The normalized spacial score (nSPS) is 10.1. The quantitative estimate of drug-likeness (QED) is 0.943. The van der Waals surface area contributed by atoms with Crippen LogP contribution in [-0.2, 0) is 6.54 Å². The summed E-state index contributed by atoms with van der Waals surface area (Å²) in [7, 11) is 0. The van der Waals surface area contributed by atoms with Gasteiger partial charge < -0.3 is 5.32 Å². The number of aromatic nitrogens is 2. The van der Waals surface area contributed by atoms with E-state index in [2.05, 4.69) is 31.2 Å². The molecule has 6 heteroatoms. The summed E-state index contributed by atoms with van der Waals surface area (Å²) in [5.41, 5.74) is 1.12. The van der Waals surface area contributed by atoms with Gasteiger partial charge in [0, 0.05) is 29.6 Å². The van der Waals surface area contributed by atoms with E-state index in [9.17, 15) is 4.79 Å². The Hall–Kier alpha value is -1.46. The van der Waals surface area contributed by atoms with Gasteiger partial charge >= 0.3 is 0 Å². The molecule has 0 atom stereocenters. The summed E-state index contributed by atoms with van der Waals surface area (Å²) in [6, 6.07) is 5.19. The van der Waals surface area contributed by atoms with Gasteiger partial charge in [-0.1, -0.05) is 11.6 Å². The molecule has 0 aliphatic rings. The minimum atomic E-state index is -0.305. The average molecular weight is 327 g/mol. The largest absolute Gasteiger partial charge is 0.347 e. The number of carbonyl (C=O) groups is 1. The van der Waals surface area contributed by atoms with Gasteiger partial charge in [-0.3, -0.25) is 9.78 Å². The van der Waals surface area contributed by atoms with Crippen LogP contribution in [0.15, 0.2) is 41.3 Å². The zero-order valence-corrected chi connectivity index (χ0v) is 11.6. The summed E-state index contributed by atoms with van der Waals surface area (Å²) in [4.78, 5) is 19.8. The molecule has 18 heavy (non-hydrogen) atoms. The number of rotatable bonds is 3. The second-order valence-electron chi connectivity index (χ2n) is 3.53. The number of hydrogen-bond donors (Lipinski definition) is 1. The van der Waals surface area contributed by atoms with E-state index in [0.717, 1.165) is 10.0 Å². The zero-order chi connectivity index (χ0) is 13.0. The van der Waals surface area contributed by atoms with E-state index >= 15 is 0 Å². The maximum atomic E-state index is 11.8. The molecule has 0 saturated heterocycles. The van der Waals surface area contributed by atoms with Crippen LogP contribution in [0.4, 0.5) is 0 Å². The third kappa shape index (κ3) is 3.27. The third-order valence-corrected chi connectivity index (χ3v) is 2.93. The molecule has 0 spiro atoms. The minimum Gasteiger partial charge on any atom is -0.347 e. The van der Waals surface area contributed by atoms with Gasteiger partial charge in [-0.15, -0.1) is 0 Å². The molecule has 0 radical (unpaired) electrons. The van der Waals surface area contributed by atoms with Crippen molar-refractivity contribution in [2.24, 2.45) is 0 Å². The van der Waals surface area contributed by atoms with E-state index in [4.69, 9.17) is 11.6 Å². The molecule has 92 valence electrons. The van der Waals surface area contributed by atoms with E-state index in [1.807, 2.05) is 6.07 Å². The van der Waals surface area contributed by atoms with Gasteiger partial charge in [0.2, 0.25) is 0 Å². The molecule has 4 nitrogen and oxygen atoms in total. The average Bonchev–Trinajstić information content (AvgIpc) is 2.37. The SMILES string of the molecule is O=C(NCc1cncc(Br)c1)c1ncccc1Cl. The van der Waals surface area contributed by atoms with Gasteiger partial charge in [0.25, 0.3) is 5.91 Å². The number of amides is 1. The van der Waals surface area contributed by atoms with Crippen molar-refractivity contribution >= 4 is 33.4 Å². The number of carbonyl (C=O) groups excluding carboxylic acids is 1. The lowest BCUT2D eigenvalue weighted by molar-refractivity contribution is 0.0946. The second kappa shape index (κ2) is 5.93. The van der Waals surface area contributed by atoms with Crippen molar-refractivity contribution in [2.45, 2.75) is 6.54 Å². The molecule has 2 rings (SSSR count). The van der Waals surface area contributed by atoms with Gasteiger partial charge in [0.15, 0.2) is 0 Å². The zero-order valence-electron chi connectivity index (χ0n) is 9.23. The van der Waals surface area contributed by atoms with Crippen LogP contribution in [0.3, 0.4) is 0 Å². The van der Waals surface area contributed by atoms with Crippen LogP contribution in [0.5, 0.6) is 0 Å². The fourth-order valence-electron chi connectivity index (χ4n) is 1.37. The lowest BCUT2D eigenvalue weighted by atomic mass is 10.2. The van der Waals surface area contributed by atoms with Crippen molar-refractivity contribution < 1.29 is 4.79 Å². The number of pyridine rings is 2. The van der Waals surface area contributed by atoms with E-state index in [1.165, 1.54) is 6.20 Å². The monoisotopic (exact) mass is 325 g/mol. The summed E-state index contributed by atoms with van der Waals surface area (Å²) < 4.78 is 0.866. The molecular formula is C12H9BrClN3O.